The number of carbonyl (C=O) groups excluding carboxylic acids is 11. The van der Waals surface area contributed by atoms with Crippen LogP contribution in [0.3, 0.4) is 0 Å². The minimum atomic E-state index is -1.85. The molecule has 1 aromatic carbocycles. The van der Waals surface area contributed by atoms with Gasteiger partial charge in [0.1, 0.15) is 42.0 Å². The van der Waals surface area contributed by atoms with Gasteiger partial charge in [0, 0.05) is 30.9 Å². The summed E-state index contributed by atoms with van der Waals surface area (Å²) in [6.45, 7) is 0.392. The van der Waals surface area contributed by atoms with Crippen molar-refractivity contribution in [1.82, 2.24) is 42.1 Å². The zero-order valence-electron chi connectivity index (χ0n) is 39.4. The number of amides is 11. The minimum Gasteiger partial charge on any atom is -0.508 e. The maximum absolute atomic E-state index is 14.5. The molecule has 2 aliphatic rings. The molecule has 1 aromatic rings. The van der Waals surface area contributed by atoms with Gasteiger partial charge in [-0.1, -0.05) is 66.8 Å². The van der Waals surface area contributed by atoms with Crippen molar-refractivity contribution >= 4 is 86.6 Å². The predicted octanol–water partition coefficient (Wildman–Crippen LogP) is -5.66. The van der Waals surface area contributed by atoms with Crippen molar-refractivity contribution in [2.75, 3.05) is 37.7 Å². The summed E-state index contributed by atoms with van der Waals surface area (Å²) in [5, 5.41) is 47.5. The Labute approximate surface area is 417 Å². The Morgan fingerprint density at radius 2 is 1.41 bits per heavy atom. The molecule has 1 saturated heterocycles. The number of nitrogens with two attached hydrogens (primary N) is 4. The van der Waals surface area contributed by atoms with Gasteiger partial charge < -0.3 is 80.4 Å². The predicted molar refractivity (Wildman–Crippen MR) is 257 cm³/mol. The van der Waals surface area contributed by atoms with E-state index in [9.17, 15) is 68.1 Å². The molecule has 28 heteroatoms. The maximum atomic E-state index is 14.5. The van der Waals surface area contributed by atoms with Gasteiger partial charge in [0.05, 0.1) is 38.3 Å². The van der Waals surface area contributed by atoms with Crippen LogP contribution in [0.2, 0.25) is 0 Å². The van der Waals surface area contributed by atoms with Gasteiger partial charge in [0.15, 0.2) is 0 Å². The van der Waals surface area contributed by atoms with E-state index in [4.69, 9.17) is 22.9 Å². The van der Waals surface area contributed by atoms with Crippen molar-refractivity contribution in [2.24, 2.45) is 34.8 Å². The quantitative estimate of drug-likeness (QED) is 0.0510. The number of carbonyl (C=O) groups is 11. The Hall–Kier alpha value is -6.23. The van der Waals surface area contributed by atoms with Gasteiger partial charge in [-0.15, -0.1) is 0 Å². The zero-order chi connectivity index (χ0) is 52.9. The molecule has 1 unspecified atom stereocenters. The van der Waals surface area contributed by atoms with Crippen LogP contribution in [0.15, 0.2) is 24.3 Å². The summed E-state index contributed by atoms with van der Waals surface area (Å²) in [4.78, 5) is 147. The number of nitrogens with zero attached hydrogens (tertiary/aromatic N) is 1. The van der Waals surface area contributed by atoms with Gasteiger partial charge in [-0.05, 0) is 42.4 Å². The summed E-state index contributed by atoms with van der Waals surface area (Å²) in [6.07, 6.45) is -1.53. The molecule has 9 atom stereocenters. The van der Waals surface area contributed by atoms with Gasteiger partial charge in [0.25, 0.3) is 0 Å². The molecule has 1 heterocycles. The van der Waals surface area contributed by atoms with Crippen LogP contribution in [0.25, 0.3) is 0 Å². The standard InChI is InChI=1S/C43H66N12O14S2/c1-3-21(2)36-42(68)50-27(10-11-32(45)59)39(65)52-30(14-33(46)60)40(66)53-31(20-71-70-19-26(44)37(63)51-29(41(67)54-36)13-23-6-8-24(57)9-7-23)43(69)55(16-25(58)18-56)17-35(62)49-28(12-22-4-5-22)38(64)48-15-34(47)61/h6-9,21-22,25-31,36,56-58H,3-5,10-20,44H2,1-2H3,(H2,45,59)(H2,46,60)(H2,47,61)(H,48,64)(H,49,62)(H,50,68)(H,51,63)(H,52,65)(H,53,66)(H,54,67)/t21-,25?,26-,27-,28-,29-,30-,31-,36-/m0/s1. The smallest absolute Gasteiger partial charge is 0.246 e. The fourth-order valence-corrected chi connectivity index (χ4v) is 9.24. The van der Waals surface area contributed by atoms with Crippen LogP contribution in [0.5, 0.6) is 5.75 Å². The highest BCUT2D eigenvalue weighted by atomic mass is 33.1. The third-order valence-corrected chi connectivity index (χ3v) is 13.8. The Morgan fingerprint density at radius 1 is 0.803 bits per heavy atom. The van der Waals surface area contributed by atoms with Gasteiger partial charge in [-0.3, -0.25) is 52.7 Å². The summed E-state index contributed by atoms with van der Waals surface area (Å²) in [6, 6.07) is -4.61. The van der Waals surface area contributed by atoms with Crippen molar-refractivity contribution in [2.45, 2.75) is 114 Å². The van der Waals surface area contributed by atoms with Crippen LogP contribution < -0.4 is 60.2 Å². The first kappa shape index (κ1) is 59.1. The highest BCUT2D eigenvalue weighted by Gasteiger charge is 2.37. The number of rotatable bonds is 21. The van der Waals surface area contributed by atoms with E-state index >= 15 is 0 Å². The van der Waals surface area contributed by atoms with Gasteiger partial charge in [-0.25, -0.2) is 0 Å². The number of phenolic OH excluding ortho intramolecular Hbond substituents is 1. The summed E-state index contributed by atoms with van der Waals surface area (Å²) in [7, 11) is 1.84. The summed E-state index contributed by atoms with van der Waals surface area (Å²) < 4.78 is 0. The van der Waals surface area contributed by atoms with E-state index in [1.807, 2.05) is 0 Å². The number of hydrogen-bond acceptors (Lipinski definition) is 17. The molecule has 0 spiro atoms. The van der Waals surface area contributed by atoms with Crippen LogP contribution in [-0.2, 0) is 59.2 Å². The average molecular weight is 1040 g/mol. The molecule has 26 nitrogen and oxygen atoms in total. The van der Waals surface area contributed by atoms with Gasteiger partial charge >= 0.3 is 0 Å². The second-order valence-electron chi connectivity index (χ2n) is 17.4. The lowest BCUT2D eigenvalue weighted by molar-refractivity contribution is -0.141. The van der Waals surface area contributed by atoms with E-state index < -0.39 is 165 Å². The molecule has 0 radical (unpaired) electrons. The topological polar surface area (TPSA) is 440 Å². The van der Waals surface area contributed by atoms with Crippen LogP contribution in [-0.4, -0.2) is 171 Å². The van der Waals surface area contributed by atoms with Gasteiger partial charge in [0.2, 0.25) is 65.0 Å². The molecule has 71 heavy (non-hydrogen) atoms. The lowest BCUT2D eigenvalue weighted by Crippen LogP contribution is -2.61. The Bertz CT molecular complexity index is 2080. The largest absolute Gasteiger partial charge is 0.508 e. The first-order valence-electron chi connectivity index (χ1n) is 22.8. The molecule has 11 amide bonds. The van der Waals surface area contributed by atoms with Crippen LogP contribution >= 0.6 is 21.6 Å². The van der Waals surface area contributed by atoms with Crippen LogP contribution in [0, 0.1) is 11.8 Å². The lowest BCUT2D eigenvalue weighted by atomic mass is 9.96. The van der Waals surface area contributed by atoms with E-state index in [2.05, 4.69) is 37.2 Å². The molecule has 0 bridgehead atoms. The monoisotopic (exact) mass is 1040 g/mol. The highest BCUT2D eigenvalue weighted by molar-refractivity contribution is 8.76. The minimum absolute atomic E-state index is 0.0678. The van der Waals surface area contributed by atoms with Crippen molar-refractivity contribution < 1.29 is 68.1 Å². The molecule has 1 aliphatic carbocycles. The molecule has 394 valence electrons. The number of aromatic hydroxyl groups is 1. The summed E-state index contributed by atoms with van der Waals surface area (Å²) in [5.41, 5.74) is 22.8. The number of hydrogen-bond donors (Lipinski definition) is 14. The van der Waals surface area contributed by atoms with E-state index in [0.29, 0.717) is 12.0 Å². The van der Waals surface area contributed by atoms with Crippen molar-refractivity contribution in [3.05, 3.63) is 29.8 Å². The second-order valence-corrected chi connectivity index (χ2v) is 19.9. The molecule has 1 aliphatic heterocycles. The zero-order valence-corrected chi connectivity index (χ0v) is 41.0. The third kappa shape index (κ3) is 20.9. The summed E-state index contributed by atoms with van der Waals surface area (Å²) in [5.74, 6) is -11.5. The van der Waals surface area contributed by atoms with Gasteiger partial charge in [-0.2, -0.15) is 0 Å². The third-order valence-electron chi connectivity index (χ3n) is 11.3. The fourth-order valence-electron chi connectivity index (χ4n) is 6.97. The van der Waals surface area contributed by atoms with Crippen molar-refractivity contribution in [3.8, 4) is 5.75 Å². The Balaban J connectivity index is 2.07. The van der Waals surface area contributed by atoms with Crippen molar-refractivity contribution in [3.63, 3.8) is 0 Å². The molecule has 3 rings (SSSR count). The van der Waals surface area contributed by atoms with E-state index in [0.717, 1.165) is 39.3 Å². The SMILES string of the molecule is CC[C@H](C)[C@@H]1NC(=O)[C@H](Cc2ccc(O)cc2)NC(=O)[C@@H](N)CSSC[C@@H](C(=O)N(CC(=O)N[C@@H](CC2CC2)C(=O)NCC(N)=O)CC(O)CO)NC(=O)[C@H](CC(N)=O)NC(=O)[C@H](CCC(N)=O)NC1=O. The number of nitrogens with one attached hydrogen (secondary N) is 7. The van der Waals surface area contributed by atoms with Crippen LogP contribution in [0.1, 0.15) is 64.4 Å². The number of aliphatic hydroxyl groups is 2. The van der Waals surface area contributed by atoms with E-state index in [-0.39, 0.29) is 36.0 Å². The molecular formula is C43H66N12O14S2. The first-order chi connectivity index (χ1) is 33.5. The number of benzene rings is 1. The molecule has 18 N–H and O–H groups in total. The number of primary amides is 3. The van der Waals surface area contributed by atoms with Crippen molar-refractivity contribution in [1.29, 1.82) is 0 Å². The Morgan fingerprint density at radius 3 is 2.00 bits per heavy atom. The molecular weight excluding hydrogens is 973 g/mol. The molecule has 1 saturated carbocycles. The maximum Gasteiger partial charge on any atom is 0.246 e. The number of phenols is 1. The second kappa shape index (κ2) is 29.2. The molecule has 2 fully saturated rings. The van der Waals surface area contributed by atoms with E-state index in [1.165, 1.54) is 24.3 Å². The van der Waals surface area contributed by atoms with Crippen LogP contribution in [0.4, 0.5) is 0 Å². The first-order valence-corrected chi connectivity index (χ1v) is 25.3. The average Bonchev–Trinajstić information content (AvgIpc) is 4.14. The lowest BCUT2D eigenvalue weighted by Gasteiger charge is -2.31. The molecule has 0 aromatic heterocycles. The fraction of sp³-hybridized carbons (Fsp3) is 0.605. The van der Waals surface area contributed by atoms with E-state index in [1.54, 1.807) is 13.8 Å². The highest BCUT2D eigenvalue weighted by Crippen LogP contribution is 2.33. The Kier molecular flexibility index (Phi) is 24.3. The summed E-state index contributed by atoms with van der Waals surface area (Å²) >= 11 is 0. The normalized spacial score (nSPS) is 23.1. The number of aliphatic hydroxyl groups excluding tert-OH is 2.